The molecule has 0 N–H and O–H groups in total. The molecule has 1 radical (unpaired) electrons. The average Bonchev–Trinajstić information content (AvgIpc) is 2.75. The number of thioether (sulfide) groups is 1. The molecule has 0 spiro atoms. The average molecular weight is 243 g/mol. The maximum Gasteiger partial charge on any atom is 0.179 e. The first-order valence-corrected chi connectivity index (χ1v) is 7.56. The zero-order valence-electron chi connectivity index (χ0n) is 9.37. The Morgan fingerprint density at radius 3 is 2.53 bits per heavy atom. The van der Waals surface area contributed by atoms with Gasteiger partial charge in [0.15, 0.2) is 9.85 Å². The highest BCUT2D eigenvalue weighted by molar-refractivity contribution is 8.00. The van der Waals surface area contributed by atoms with Gasteiger partial charge in [0, 0.05) is 5.75 Å². The summed E-state index contributed by atoms with van der Waals surface area (Å²) in [6.45, 7) is 2.26. The van der Waals surface area contributed by atoms with Gasteiger partial charge < -0.3 is 0 Å². The summed E-state index contributed by atoms with van der Waals surface area (Å²) in [5.41, 5.74) is 2.76. The van der Waals surface area contributed by atoms with Gasteiger partial charge in [0.25, 0.3) is 0 Å². The van der Waals surface area contributed by atoms with Crippen molar-refractivity contribution in [3.8, 4) is 0 Å². The third-order valence-corrected chi connectivity index (χ3v) is 4.13. The van der Waals surface area contributed by atoms with Crippen molar-refractivity contribution in [2.45, 2.75) is 56.2 Å². The molecule has 0 bridgehead atoms. The molecule has 0 aliphatic carbocycles. The van der Waals surface area contributed by atoms with E-state index in [1.807, 2.05) is 11.8 Å². The first kappa shape index (κ1) is 13.0. The molecule has 1 aromatic heterocycles. The second kappa shape index (κ2) is 9.16. The van der Waals surface area contributed by atoms with E-state index >= 15 is 0 Å². The van der Waals surface area contributed by atoms with Crippen molar-refractivity contribution >= 4 is 23.1 Å². The van der Waals surface area contributed by atoms with Crippen LogP contribution in [-0.2, 0) is 0 Å². The molecule has 1 rings (SSSR count). The predicted octanol–water partition coefficient (Wildman–Crippen LogP) is 4.18. The fourth-order valence-electron chi connectivity index (χ4n) is 1.42. The molecule has 2 nitrogen and oxygen atoms in total. The Hall–Kier alpha value is -0.0900. The van der Waals surface area contributed by atoms with E-state index in [9.17, 15) is 0 Å². The van der Waals surface area contributed by atoms with Crippen LogP contribution in [0.15, 0.2) is 4.34 Å². The summed E-state index contributed by atoms with van der Waals surface area (Å²) in [6, 6.07) is 0. The third kappa shape index (κ3) is 6.90. The number of hydrogen-bond donors (Lipinski definition) is 0. The van der Waals surface area contributed by atoms with Gasteiger partial charge in [-0.15, -0.1) is 10.2 Å². The van der Waals surface area contributed by atoms with Crippen LogP contribution in [0.1, 0.15) is 51.9 Å². The third-order valence-electron chi connectivity index (χ3n) is 2.28. The first-order chi connectivity index (χ1) is 7.43. The van der Waals surface area contributed by atoms with Crippen molar-refractivity contribution in [1.29, 1.82) is 0 Å². The molecule has 0 saturated heterocycles. The minimum atomic E-state index is 1.06. The molecule has 1 aromatic rings. The van der Waals surface area contributed by atoms with E-state index in [1.165, 1.54) is 62.0 Å². The maximum atomic E-state index is 3.95. The fraction of sp³-hybridized carbons (Fsp3) is 0.818. The number of hydrogen-bond acceptors (Lipinski definition) is 4. The Bertz CT molecular complexity index is 225. The van der Waals surface area contributed by atoms with Crippen molar-refractivity contribution in [2.75, 3.05) is 5.75 Å². The second-order valence-corrected chi connectivity index (χ2v) is 5.74. The molecule has 1 heterocycles. The van der Waals surface area contributed by atoms with Crippen molar-refractivity contribution in [3.05, 3.63) is 5.51 Å². The van der Waals surface area contributed by atoms with Crippen molar-refractivity contribution < 1.29 is 0 Å². The molecule has 0 atom stereocenters. The summed E-state index contributed by atoms with van der Waals surface area (Å²) in [5, 5.41) is 7.64. The Morgan fingerprint density at radius 2 is 1.87 bits per heavy atom. The molecular formula is C11H19N2S2. The molecule has 0 aliphatic rings. The molecule has 85 valence electrons. The van der Waals surface area contributed by atoms with Crippen LogP contribution >= 0.6 is 23.1 Å². The lowest BCUT2D eigenvalue weighted by atomic mass is 10.1. The van der Waals surface area contributed by atoms with E-state index in [-0.39, 0.29) is 0 Å². The van der Waals surface area contributed by atoms with Crippen molar-refractivity contribution in [3.63, 3.8) is 0 Å². The van der Waals surface area contributed by atoms with Gasteiger partial charge in [0.1, 0.15) is 0 Å². The van der Waals surface area contributed by atoms with Gasteiger partial charge in [-0.2, -0.15) is 0 Å². The lowest BCUT2D eigenvalue weighted by Crippen LogP contribution is -1.82. The fourth-order valence-corrected chi connectivity index (χ4v) is 2.88. The quantitative estimate of drug-likeness (QED) is 0.480. The highest BCUT2D eigenvalue weighted by Crippen LogP contribution is 2.20. The van der Waals surface area contributed by atoms with Gasteiger partial charge in [-0.05, 0) is 6.42 Å². The van der Waals surface area contributed by atoms with Crippen LogP contribution < -0.4 is 0 Å². The molecule has 0 aliphatic heterocycles. The first-order valence-electron chi connectivity index (χ1n) is 5.76. The van der Waals surface area contributed by atoms with Crippen LogP contribution in [0, 0.1) is 5.51 Å². The molecule has 15 heavy (non-hydrogen) atoms. The smallest absolute Gasteiger partial charge is 0.135 e. The van der Waals surface area contributed by atoms with Gasteiger partial charge in [-0.25, -0.2) is 0 Å². The Balaban J connectivity index is 1.81. The van der Waals surface area contributed by atoms with E-state index in [0.717, 1.165) is 4.34 Å². The van der Waals surface area contributed by atoms with Gasteiger partial charge in [-0.3, -0.25) is 0 Å². The lowest BCUT2D eigenvalue weighted by molar-refractivity contribution is 0.603. The van der Waals surface area contributed by atoms with E-state index in [0.29, 0.717) is 0 Å². The Kier molecular flexibility index (Phi) is 7.92. The summed E-state index contributed by atoms with van der Waals surface area (Å²) in [5.74, 6) is 1.18. The minimum Gasteiger partial charge on any atom is -0.135 e. The predicted molar refractivity (Wildman–Crippen MR) is 67.5 cm³/mol. The molecule has 0 unspecified atom stereocenters. The van der Waals surface area contributed by atoms with E-state index in [1.54, 1.807) is 0 Å². The van der Waals surface area contributed by atoms with Crippen molar-refractivity contribution in [2.24, 2.45) is 0 Å². The van der Waals surface area contributed by atoms with Crippen LogP contribution in [0.25, 0.3) is 0 Å². The normalized spacial score (nSPS) is 10.7. The number of nitrogens with zero attached hydrogens (tertiary/aromatic N) is 2. The summed E-state index contributed by atoms with van der Waals surface area (Å²) >= 11 is 3.32. The van der Waals surface area contributed by atoms with Crippen molar-refractivity contribution in [1.82, 2.24) is 10.2 Å². The standard InChI is InChI=1S/C11H19N2S2/c1-2-3-4-5-6-7-8-9-14-11-13-12-10-15-11/h2-9H2,1H3. The van der Waals surface area contributed by atoms with Crippen LogP contribution in [0.5, 0.6) is 0 Å². The molecule has 0 fully saturated rings. The van der Waals surface area contributed by atoms with Gasteiger partial charge in [0.2, 0.25) is 0 Å². The van der Waals surface area contributed by atoms with Crippen LogP contribution in [0.2, 0.25) is 0 Å². The zero-order valence-corrected chi connectivity index (χ0v) is 11.0. The van der Waals surface area contributed by atoms with E-state index in [4.69, 9.17) is 0 Å². The summed E-state index contributed by atoms with van der Waals surface area (Å²) < 4.78 is 1.06. The molecule has 0 saturated carbocycles. The summed E-state index contributed by atoms with van der Waals surface area (Å²) in [7, 11) is 0. The highest BCUT2D eigenvalue weighted by atomic mass is 32.2. The van der Waals surface area contributed by atoms with Gasteiger partial charge >= 0.3 is 0 Å². The summed E-state index contributed by atoms with van der Waals surface area (Å²) in [6.07, 6.45) is 9.61. The van der Waals surface area contributed by atoms with E-state index < -0.39 is 0 Å². The van der Waals surface area contributed by atoms with Gasteiger partial charge in [-0.1, -0.05) is 68.5 Å². The molecule has 0 amide bonds. The minimum absolute atomic E-state index is 1.06. The van der Waals surface area contributed by atoms with Crippen LogP contribution in [0.4, 0.5) is 0 Å². The lowest BCUT2D eigenvalue weighted by Gasteiger charge is -1.99. The monoisotopic (exact) mass is 243 g/mol. The summed E-state index contributed by atoms with van der Waals surface area (Å²) in [4.78, 5) is 0. The SMILES string of the molecule is CCCCCCCCCSc1nn[c]s1. The Morgan fingerprint density at radius 1 is 1.13 bits per heavy atom. The molecular weight excluding hydrogens is 224 g/mol. The van der Waals surface area contributed by atoms with Gasteiger partial charge in [0.05, 0.1) is 0 Å². The number of rotatable bonds is 9. The Labute approximate surface area is 101 Å². The molecule has 4 heteroatoms. The highest BCUT2D eigenvalue weighted by Gasteiger charge is 1.97. The van der Waals surface area contributed by atoms with Crippen LogP contribution in [-0.4, -0.2) is 16.0 Å². The number of unbranched alkanes of at least 4 members (excludes halogenated alkanes) is 6. The number of aromatic nitrogens is 2. The largest absolute Gasteiger partial charge is 0.179 e. The van der Waals surface area contributed by atoms with Crippen LogP contribution in [0.3, 0.4) is 0 Å². The zero-order chi connectivity index (χ0) is 10.8. The second-order valence-electron chi connectivity index (χ2n) is 3.63. The maximum absolute atomic E-state index is 3.95. The molecule has 0 aromatic carbocycles. The van der Waals surface area contributed by atoms with E-state index in [2.05, 4.69) is 22.6 Å². The topological polar surface area (TPSA) is 25.8 Å².